The van der Waals surface area contributed by atoms with Crippen molar-refractivity contribution in [2.24, 2.45) is 5.73 Å². The van der Waals surface area contributed by atoms with Crippen LogP contribution in [-0.2, 0) is 6.42 Å². The highest BCUT2D eigenvalue weighted by atomic mass is 35.5. The lowest BCUT2D eigenvalue weighted by molar-refractivity contribution is 0.115. The van der Waals surface area contributed by atoms with E-state index >= 15 is 0 Å². The van der Waals surface area contributed by atoms with Crippen molar-refractivity contribution in [3.63, 3.8) is 0 Å². The molecule has 1 heterocycles. The fourth-order valence-corrected chi connectivity index (χ4v) is 1.26. The summed E-state index contributed by atoms with van der Waals surface area (Å²) in [5.74, 6) is 0.235. The van der Waals surface area contributed by atoms with Crippen LogP contribution in [0.4, 0.5) is 8.78 Å². The Morgan fingerprint density at radius 1 is 1.53 bits per heavy atom. The van der Waals surface area contributed by atoms with E-state index in [0.717, 1.165) is 0 Å². The zero-order valence-corrected chi connectivity index (χ0v) is 8.84. The normalized spacial score (nSPS) is 12.9. The number of nitrogens with zero attached hydrogens (tertiary/aromatic N) is 1. The Morgan fingerprint density at radius 2 is 2.20 bits per heavy atom. The lowest BCUT2D eigenvalue weighted by atomic mass is 10.1. The quantitative estimate of drug-likeness (QED) is 0.812. The topological polar surface area (TPSA) is 48.1 Å². The van der Waals surface area contributed by atoms with Crippen LogP contribution in [-0.4, -0.2) is 24.6 Å². The van der Waals surface area contributed by atoms with Gasteiger partial charge in [-0.2, -0.15) is 0 Å². The number of aromatic nitrogens is 1. The lowest BCUT2D eigenvalue weighted by Gasteiger charge is -2.12. The largest absolute Gasteiger partial charge is 0.481 e. The molecule has 0 aliphatic heterocycles. The molecule has 1 atom stereocenters. The van der Waals surface area contributed by atoms with E-state index in [0.29, 0.717) is 5.56 Å². The summed E-state index contributed by atoms with van der Waals surface area (Å²) in [5, 5.41) is 0.251. The maximum Gasteiger partial charge on any atom is 0.253 e. The Hall–Kier alpha value is -0.940. The first-order chi connectivity index (χ1) is 7.04. The maximum atomic E-state index is 12.2. The van der Waals surface area contributed by atoms with Gasteiger partial charge in [0.15, 0.2) is 0 Å². The van der Waals surface area contributed by atoms with Gasteiger partial charge in [-0.3, -0.25) is 0 Å². The molecule has 0 amide bonds. The predicted molar refractivity (Wildman–Crippen MR) is 53.5 cm³/mol. The molecule has 0 saturated carbocycles. The molecule has 0 spiro atoms. The van der Waals surface area contributed by atoms with Crippen molar-refractivity contribution in [1.29, 1.82) is 0 Å². The van der Waals surface area contributed by atoms with Gasteiger partial charge in [0.05, 0.1) is 13.2 Å². The van der Waals surface area contributed by atoms with Crippen LogP contribution in [0, 0.1) is 0 Å². The molecule has 6 heteroatoms. The summed E-state index contributed by atoms with van der Waals surface area (Å²) in [6.07, 6.45) is -2.56. The van der Waals surface area contributed by atoms with Crippen molar-refractivity contribution in [1.82, 2.24) is 4.98 Å². The zero-order chi connectivity index (χ0) is 11.4. The van der Waals surface area contributed by atoms with Crippen LogP contribution in [0.25, 0.3) is 0 Å². The molecule has 84 valence electrons. The van der Waals surface area contributed by atoms with E-state index in [1.54, 1.807) is 6.07 Å². The van der Waals surface area contributed by atoms with E-state index in [-0.39, 0.29) is 17.5 Å². The van der Waals surface area contributed by atoms with Crippen molar-refractivity contribution in [2.45, 2.75) is 18.9 Å². The van der Waals surface area contributed by atoms with E-state index in [2.05, 4.69) is 4.98 Å². The van der Waals surface area contributed by atoms with Gasteiger partial charge in [-0.05, 0) is 12.5 Å². The fraction of sp³-hybridized carbons (Fsp3) is 0.444. The number of hydrogen-bond donors (Lipinski definition) is 1. The van der Waals surface area contributed by atoms with Gasteiger partial charge in [-0.1, -0.05) is 17.7 Å². The van der Waals surface area contributed by atoms with Gasteiger partial charge in [0.2, 0.25) is 5.88 Å². The number of nitrogens with two attached hydrogens (primary N) is 1. The third-order valence-corrected chi connectivity index (χ3v) is 2.09. The first-order valence-electron chi connectivity index (χ1n) is 4.27. The minimum absolute atomic E-state index is 0.00497. The van der Waals surface area contributed by atoms with Crippen LogP contribution in [0.1, 0.15) is 5.56 Å². The minimum atomic E-state index is -2.56. The molecule has 0 radical (unpaired) electrons. The van der Waals surface area contributed by atoms with Crippen molar-refractivity contribution < 1.29 is 13.5 Å². The molecule has 0 bridgehead atoms. The molecule has 1 rings (SSSR count). The molecular weight excluding hydrogens is 226 g/mol. The van der Waals surface area contributed by atoms with Crippen LogP contribution >= 0.6 is 11.6 Å². The molecule has 3 nitrogen and oxygen atoms in total. The van der Waals surface area contributed by atoms with E-state index in [4.69, 9.17) is 22.1 Å². The monoisotopic (exact) mass is 236 g/mol. The highest BCUT2D eigenvalue weighted by molar-refractivity contribution is 6.29. The van der Waals surface area contributed by atoms with Crippen LogP contribution in [0.5, 0.6) is 5.88 Å². The average molecular weight is 237 g/mol. The summed E-state index contributed by atoms with van der Waals surface area (Å²) in [5.41, 5.74) is 5.77. The molecule has 1 aromatic rings. The molecule has 15 heavy (non-hydrogen) atoms. The highest BCUT2D eigenvalue weighted by Gasteiger charge is 2.18. The Labute approximate surface area is 91.2 Å². The number of methoxy groups -OCH3 is 1. The van der Waals surface area contributed by atoms with Gasteiger partial charge >= 0.3 is 0 Å². The van der Waals surface area contributed by atoms with Crippen molar-refractivity contribution in [3.05, 3.63) is 22.8 Å². The van der Waals surface area contributed by atoms with Crippen LogP contribution < -0.4 is 10.5 Å². The van der Waals surface area contributed by atoms with Crippen molar-refractivity contribution >= 4 is 11.6 Å². The fourth-order valence-electron chi connectivity index (χ4n) is 1.12. The number of halogens is 3. The number of alkyl halides is 2. The second-order valence-electron chi connectivity index (χ2n) is 3.00. The first kappa shape index (κ1) is 12.1. The molecule has 2 N–H and O–H groups in total. The number of rotatable bonds is 4. The van der Waals surface area contributed by atoms with E-state index in [1.807, 2.05) is 0 Å². The predicted octanol–water partition coefficient (Wildman–Crippen LogP) is 1.88. The van der Waals surface area contributed by atoms with Gasteiger partial charge in [0, 0.05) is 5.56 Å². The molecule has 0 saturated heterocycles. The third kappa shape index (κ3) is 3.28. The van der Waals surface area contributed by atoms with Crippen molar-refractivity contribution in [3.8, 4) is 5.88 Å². The van der Waals surface area contributed by atoms with Crippen LogP contribution in [0.2, 0.25) is 5.15 Å². The Kier molecular flexibility index (Phi) is 4.23. The molecule has 0 aliphatic carbocycles. The highest BCUT2D eigenvalue weighted by Crippen LogP contribution is 2.20. The van der Waals surface area contributed by atoms with Crippen LogP contribution in [0.15, 0.2) is 12.1 Å². The first-order valence-corrected chi connectivity index (χ1v) is 4.65. The second kappa shape index (κ2) is 5.23. The number of pyridine rings is 1. The zero-order valence-electron chi connectivity index (χ0n) is 8.08. The summed E-state index contributed by atoms with van der Waals surface area (Å²) in [4.78, 5) is 3.85. The Bertz CT molecular complexity index is 336. The molecule has 1 unspecified atom stereocenters. The van der Waals surface area contributed by atoms with E-state index in [9.17, 15) is 8.78 Å². The van der Waals surface area contributed by atoms with E-state index in [1.165, 1.54) is 13.2 Å². The molecule has 0 fully saturated rings. The Balaban J connectivity index is 2.84. The van der Waals surface area contributed by atoms with Gasteiger partial charge in [-0.25, -0.2) is 13.8 Å². The lowest BCUT2D eigenvalue weighted by Crippen LogP contribution is -2.31. The number of ether oxygens (including phenoxy) is 1. The van der Waals surface area contributed by atoms with Gasteiger partial charge in [0.25, 0.3) is 6.43 Å². The SMILES string of the molecule is COc1nc(Cl)ccc1CC(N)C(F)F. The Morgan fingerprint density at radius 3 is 2.73 bits per heavy atom. The second-order valence-corrected chi connectivity index (χ2v) is 3.39. The minimum Gasteiger partial charge on any atom is -0.481 e. The maximum absolute atomic E-state index is 12.2. The summed E-state index contributed by atoms with van der Waals surface area (Å²) in [7, 11) is 1.40. The third-order valence-electron chi connectivity index (χ3n) is 1.88. The van der Waals surface area contributed by atoms with Crippen LogP contribution in [0.3, 0.4) is 0 Å². The van der Waals surface area contributed by atoms with Gasteiger partial charge < -0.3 is 10.5 Å². The average Bonchev–Trinajstić information content (AvgIpc) is 2.20. The molecule has 0 aromatic carbocycles. The molecular formula is C9H11ClF2N2O. The summed E-state index contributed by atoms with van der Waals surface area (Å²) in [6, 6.07) is 1.87. The van der Waals surface area contributed by atoms with E-state index < -0.39 is 12.5 Å². The summed E-state index contributed by atoms with van der Waals surface area (Å²) >= 11 is 5.62. The number of hydrogen-bond acceptors (Lipinski definition) is 3. The molecule has 1 aromatic heterocycles. The van der Waals surface area contributed by atoms with Crippen molar-refractivity contribution in [2.75, 3.05) is 7.11 Å². The summed E-state index contributed by atoms with van der Waals surface area (Å²) in [6.45, 7) is 0. The van der Waals surface area contributed by atoms with Gasteiger partial charge in [-0.15, -0.1) is 0 Å². The smallest absolute Gasteiger partial charge is 0.253 e. The molecule has 0 aliphatic rings. The standard InChI is InChI=1S/C9H11ClF2N2O/c1-15-9-5(2-3-7(10)14-9)4-6(13)8(11)12/h2-3,6,8H,4,13H2,1H3. The summed E-state index contributed by atoms with van der Waals surface area (Å²) < 4.78 is 29.3. The van der Waals surface area contributed by atoms with Gasteiger partial charge in [0.1, 0.15) is 5.15 Å².